The minimum Gasteiger partial charge on any atom is -0.356 e. The zero-order valence-electron chi connectivity index (χ0n) is 16.4. The van der Waals surface area contributed by atoms with Gasteiger partial charge in [0.2, 0.25) is 0 Å². The molecular weight excluding hydrogens is 449 g/mol. The van der Waals surface area contributed by atoms with Gasteiger partial charge in [0.25, 0.3) is 0 Å². The smallest absolute Gasteiger partial charge is 0.193 e. The van der Waals surface area contributed by atoms with E-state index in [0.29, 0.717) is 29.9 Å². The third-order valence-corrected chi connectivity index (χ3v) is 6.67. The van der Waals surface area contributed by atoms with Gasteiger partial charge in [-0.3, -0.25) is 4.99 Å². The first-order chi connectivity index (χ1) is 11.1. The van der Waals surface area contributed by atoms with E-state index in [4.69, 9.17) is 4.99 Å². The SMILES string of the molecule is CC(C)CN=C(NCC1CCS(=O)(=O)C1)N1CC(C)CC(C)(C)C1.I. The van der Waals surface area contributed by atoms with Gasteiger partial charge in [0.15, 0.2) is 15.8 Å². The molecule has 5 nitrogen and oxygen atoms in total. The van der Waals surface area contributed by atoms with E-state index < -0.39 is 9.84 Å². The monoisotopic (exact) mass is 485 g/mol. The van der Waals surface area contributed by atoms with Gasteiger partial charge in [-0.05, 0) is 36.0 Å². The number of guanidine groups is 1. The molecule has 2 fully saturated rings. The first-order valence-electron chi connectivity index (χ1n) is 9.30. The molecule has 2 rings (SSSR count). The summed E-state index contributed by atoms with van der Waals surface area (Å²) in [6.07, 6.45) is 2.01. The predicted molar refractivity (Wildman–Crippen MR) is 116 cm³/mol. The van der Waals surface area contributed by atoms with Gasteiger partial charge in [0, 0.05) is 26.2 Å². The van der Waals surface area contributed by atoms with Gasteiger partial charge in [0.1, 0.15) is 0 Å². The summed E-state index contributed by atoms with van der Waals surface area (Å²) in [5, 5.41) is 3.49. The zero-order chi connectivity index (χ0) is 18.0. The predicted octanol–water partition coefficient (Wildman–Crippen LogP) is 3.01. The maximum atomic E-state index is 11.7. The van der Waals surface area contributed by atoms with Crippen LogP contribution in [0.1, 0.15) is 47.5 Å². The number of aliphatic imine (C=N–C) groups is 1. The van der Waals surface area contributed by atoms with Gasteiger partial charge in [0.05, 0.1) is 11.5 Å². The lowest BCUT2D eigenvalue weighted by Gasteiger charge is -2.43. The lowest BCUT2D eigenvalue weighted by molar-refractivity contribution is 0.129. The van der Waals surface area contributed by atoms with Crippen LogP contribution in [0.3, 0.4) is 0 Å². The molecular formula is C18H36IN3O2S. The molecule has 2 aliphatic rings. The molecule has 2 atom stereocenters. The Morgan fingerprint density at radius 2 is 2.04 bits per heavy atom. The molecule has 0 radical (unpaired) electrons. The van der Waals surface area contributed by atoms with Crippen molar-refractivity contribution < 1.29 is 8.42 Å². The highest BCUT2D eigenvalue weighted by Crippen LogP contribution is 2.32. The summed E-state index contributed by atoms with van der Waals surface area (Å²) in [4.78, 5) is 7.20. The second-order valence-corrected chi connectivity index (χ2v) is 11.3. The van der Waals surface area contributed by atoms with Crippen LogP contribution in [-0.2, 0) is 9.84 Å². The fraction of sp³-hybridized carbons (Fsp3) is 0.944. The Morgan fingerprint density at radius 1 is 1.36 bits per heavy atom. The van der Waals surface area contributed by atoms with Gasteiger partial charge in [-0.1, -0.05) is 34.6 Å². The van der Waals surface area contributed by atoms with Crippen molar-refractivity contribution in [3.63, 3.8) is 0 Å². The van der Waals surface area contributed by atoms with E-state index in [9.17, 15) is 8.42 Å². The Kier molecular flexibility index (Phi) is 8.50. The number of nitrogens with one attached hydrogen (secondary N) is 1. The van der Waals surface area contributed by atoms with Crippen molar-refractivity contribution in [3.8, 4) is 0 Å². The normalized spacial score (nSPS) is 28.7. The number of hydrogen-bond acceptors (Lipinski definition) is 3. The number of likely N-dealkylation sites (tertiary alicyclic amines) is 1. The van der Waals surface area contributed by atoms with Gasteiger partial charge in [-0.25, -0.2) is 8.42 Å². The zero-order valence-corrected chi connectivity index (χ0v) is 19.6. The van der Waals surface area contributed by atoms with Crippen LogP contribution in [0.15, 0.2) is 4.99 Å². The molecule has 2 aliphatic heterocycles. The summed E-state index contributed by atoms with van der Waals surface area (Å²) < 4.78 is 23.3. The first-order valence-corrected chi connectivity index (χ1v) is 11.1. The Morgan fingerprint density at radius 3 is 2.56 bits per heavy atom. The number of piperidine rings is 1. The molecule has 0 aromatic heterocycles. The largest absolute Gasteiger partial charge is 0.356 e. The third-order valence-electron chi connectivity index (χ3n) is 4.83. The fourth-order valence-electron chi connectivity index (χ4n) is 4.00. The molecule has 2 heterocycles. The lowest BCUT2D eigenvalue weighted by Crippen LogP contribution is -2.52. The number of halogens is 1. The van der Waals surface area contributed by atoms with Crippen molar-refractivity contribution in [3.05, 3.63) is 0 Å². The number of hydrogen-bond donors (Lipinski definition) is 1. The van der Waals surface area contributed by atoms with Crippen LogP contribution < -0.4 is 5.32 Å². The first kappa shape index (κ1) is 23.0. The van der Waals surface area contributed by atoms with Crippen LogP contribution >= 0.6 is 24.0 Å². The average molecular weight is 485 g/mol. The van der Waals surface area contributed by atoms with Crippen molar-refractivity contribution in [1.29, 1.82) is 0 Å². The second-order valence-electron chi connectivity index (χ2n) is 9.06. The number of nitrogens with zero attached hydrogens (tertiary/aromatic N) is 2. The lowest BCUT2D eigenvalue weighted by atomic mass is 9.79. The van der Waals surface area contributed by atoms with Gasteiger partial charge in [-0.15, -0.1) is 24.0 Å². The van der Waals surface area contributed by atoms with Crippen LogP contribution in [0.2, 0.25) is 0 Å². The molecule has 0 aliphatic carbocycles. The van der Waals surface area contributed by atoms with Crippen molar-refractivity contribution >= 4 is 39.8 Å². The summed E-state index contributed by atoms with van der Waals surface area (Å²) >= 11 is 0. The van der Waals surface area contributed by atoms with Crippen molar-refractivity contribution in [2.75, 3.05) is 37.7 Å². The van der Waals surface area contributed by atoms with Crippen LogP contribution in [0.5, 0.6) is 0 Å². The number of sulfone groups is 1. The van der Waals surface area contributed by atoms with Crippen molar-refractivity contribution in [2.24, 2.45) is 28.2 Å². The molecule has 7 heteroatoms. The summed E-state index contributed by atoms with van der Waals surface area (Å²) in [5.41, 5.74) is 0.286. The van der Waals surface area contributed by atoms with Crippen molar-refractivity contribution in [1.82, 2.24) is 10.2 Å². The van der Waals surface area contributed by atoms with Gasteiger partial charge >= 0.3 is 0 Å². The molecule has 0 bridgehead atoms. The molecule has 2 saturated heterocycles. The van der Waals surface area contributed by atoms with Crippen LogP contribution in [0.4, 0.5) is 0 Å². The van der Waals surface area contributed by atoms with Crippen LogP contribution in [0, 0.1) is 23.2 Å². The Labute approximate surface area is 171 Å². The van der Waals surface area contributed by atoms with E-state index in [1.807, 2.05) is 0 Å². The molecule has 0 aromatic carbocycles. The standard InChI is InChI=1S/C18H35N3O2S.HI/c1-14(2)9-19-17(20-10-16-6-7-24(22,23)12-16)21-11-15(3)8-18(4,5)13-21;/h14-16H,6-13H2,1-5H3,(H,19,20);1H. The third kappa shape index (κ3) is 7.61. The Bertz CT molecular complexity index is 561. The minimum atomic E-state index is -2.81. The molecule has 0 spiro atoms. The quantitative estimate of drug-likeness (QED) is 0.378. The molecule has 0 aromatic rings. The van der Waals surface area contributed by atoms with Crippen LogP contribution in [-0.4, -0.2) is 57.0 Å². The molecule has 148 valence electrons. The highest BCUT2D eigenvalue weighted by atomic mass is 127. The van der Waals surface area contributed by atoms with Crippen molar-refractivity contribution in [2.45, 2.75) is 47.5 Å². The van der Waals surface area contributed by atoms with E-state index in [2.05, 4.69) is 44.8 Å². The Hall–Kier alpha value is -0.0500. The van der Waals surface area contributed by atoms with Gasteiger partial charge < -0.3 is 10.2 Å². The summed E-state index contributed by atoms with van der Waals surface area (Å²) in [7, 11) is -2.81. The molecule has 25 heavy (non-hydrogen) atoms. The van der Waals surface area contributed by atoms with E-state index in [0.717, 1.165) is 32.0 Å². The average Bonchev–Trinajstić information content (AvgIpc) is 2.75. The fourth-order valence-corrected chi connectivity index (χ4v) is 5.86. The minimum absolute atomic E-state index is 0. The summed E-state index contributed by atoms with van der Waals surface area (Å²) in [6.45, 7) is 14.8. The van der Waals surface area contributed by atoms with E-state index >= 15 is 0 Å². The van der Waals surface area contributed by atoms with E-state index in [1.54, 1.807) is 0 Å². The number of rotatable bonds is 4. The highest BCUT2D eigenvalue weighted by Gasteiger charge is 2.33. The molecule has 0 amide bonds. The maximum absolute atomic E-state index is 11.7. The second kappa shape index (κ2) is 9.24. The van der Waals surface area contributed by atoms with E-state index in [1.165, 1.54) is 6.42 Å². The topological polar surface area (TPSA) is 61.8 Å². The molecule has 1 N–H and O–H groups in total. The maximum Gasteiger partial charge on any atom is 0.193 e. The summed E-state index contributed by atoms with van der Waals surface area (Å²) in [5.74, 6) is 3.00. The van der Waals surface area contributed by atoms with Crippen LogP contribution in [0.25, 0.3) is 0 Å². The molecule has 0 saturated carbocycles. The van der Waals surface area contributed by atoms with E-state index in [-0.39, 0.29) is 35.3 Å². The molecule has 2 unspecified atom stereocenters. The Balaban J connectivity index is 0.00000312. The highest BCUT2D eigenvalue weighted by molar-refractivity contribution is 14.0. The van der Waals surface area contributed by atoms with Gasteiger partial charge in [-0.2, -0.15) is 0 Å². The summed E-state index contributed by atoms with van der Waals surface area (Å²) in [6, 6.07) is 0.